The number of nitrogens with zero attached hydrogens (tertiary/aromatic N) is 1. The molecule has 0 radical (unpaired) electrons. The van der Waals surface area contributed by atoms with Gasteiger partial charge in [-0.05, 0) is 42.7 Å². The lowest BCUT2D eigenvalue weighted by molar-refractivity contribution is 0.867. The number of pyridine rings is 1. The topological polar surface area (TPSA) is 50.9 Å². The van der Waals surface area contributed by atoms with Crippen LogP contribution in [0.4, 0.5) is 11.5 Å². The number of nitrogens with two attached hydrogens (primary N) is 1. The third-order valence-electron chi connectivity index (χ3n) is 3.09. The fraction of sp³-hybridized carbons (Fsp3) is 0.250. The Morgan fingerprint density at radius 1 is 1.20 bits per heavy atom. The molecule has 0 aliphatic rings. The van der Waals surface area contributed by atoms with Crippen molar-refractivity contribution in [2.45, 2.75) is 26.7 Å². The summed E-state index contributed by atoms with van der Waals surface area (Å²) >= 11 is 5.01. The van der Waals surface area contributed by atoms with E-state index in [1.54, 1.807) is 0 Å². The van der Waals surface area contributed by atoms with Gasteiger partial charge in [0.15, 0.2) is 0 Å². The Morgan fingerprint density at radius 3 is 2.40 bits per heavy atom. The predicted octanol–water partition coefficient (Wildman–Crippen LogP) is 3.89. The lowest BCUT2D eigenvalue weighted by Gasteiger charge is -2.10. The maximum absolute atomic E-state index is 5.67. The van der Waals surface area contributed by atoms with Crippen molar-refractivity contribution in [2.24, 2.45) is 5.73 Å². The van der Waals surface area contributed by atoms with Crippen molar-refractivity contribution in [2.75, 3.05) is 5.32 Å². The Labute approximate surface area is 125 Å². The van der Waals surface area contributed by atoms with Crippen LogP contribution in [0, 0.1) is 6.92 Å². The summed E-state index contributed by atoms with van der Waals surface area (Å²) < 4.78 is 0. The number of nitrogens with one attached hydrogen (secondary N) is 1. The van der Waals surface area contributed by atoms with Crippen LogP contribution in [0.5, 0.6) is 0 Å². The smallest absolute Gasteiger partial charge is 0.131 e. The average Bonchev–Trinajstić information content (AvgIpc) is 2.38. The molecule has 0 aliphatic carbocycles. The van der Waals surface area contributed by atoms with E-state index >= 15 is 0 Å². The van der Waals surface area contributed by atoms with E-state index in [0.717, 1.165) is 22.8 Å². The van der Waals surface area contributed by atoms with Gasteiger partial charge in [-0.15, -0.1) is 0 Å². The van der Waals surface area contributed by atoms with Gasteiger partial charge in [-0.25, -0.2) is 4.98 Å². The molecule has 20 heavy (non-hydrogen) atoms. The Kier molecular flexibility index (Phi) is 4.35. The summed E-state index contributed by atoms with van der Waals surface area (Å²) in [4.78, 5) is 4.83. The van der Waals surface area contributed by atoms with E-state index in [2.05, 4.69) is 48.4 Å². The van der Waals surface area contributed by atoms with Gasteiger partial charge in [0.25, 0.3) is 0 Å². The van der Waals surface area contributed by atoms with E-state index in [1.807, 2.05) is 19.1 Å². The van der Waals surface area contributed by atoms with Crippen molar-refractivity contribution < 1.29 is 0 Å². The summed E-state index contributed by atoms with van der Waals surface area (Å²) in [6, 6.07) is 12.1. The summed E-state index contributed by atoms with van der Waals surface area (Å²) in [7, 11) is 0. The third kappa shape index (κ3) is 3.54. The molecular weight excluding hydrogens is 266 g/mol. The molecule has 0 saturated carbocycles. The first-order valence-corrected chi connectivity index (χ1v) is 7.02. The highest BCUT2D eigenvalue weighted by Crippen LogP contribution is 2.20. The molecular formula is C16H19N3S. The molecule has 4 heteroatoms. The van der Waals surface area contributed by atoms with Gasteiger partial charge in [0.05, 0.1) is 0 Å². The van der Waals surface area contributed by atoms with E-state index in [9.17, 15) is 0 Å². The monoisotopic (exact) mass is 285 g/mol. The summed E-state index contributed by atoms with van der Waals surface area (Å²) in [6.45, 7) is 6.28. The average molecular weight is 285 g/mol. The fourth-order valence-corrected chi connectivity index (χ4v) is 2.09. The maximum Gasteiger partial charge on any atom is 0.131 e. The van der Waals surface area contributed by atoms with Gasteiger partial charge in [-0.2, -0.15) is 0 Å². The van der Waals surface area contributed by atoms with Crippen LogP contribution in [0.15, 0.2) is 36.4 Å². The zero-order valence-electron chi connectivity index (χ0n) is 12.0. The number of aromatic nitrogens is 1. The number of rotatable bonds is 4. The lowest BCUT2D eigenvalue weighted by atomic mass is 10.0. The van der Waals surface area contributed by atoms with Gasteiger partial charge < -0.3 is 11.1 Å². The van der Waals surface area contributed by atoms with Crippen molar-refractivity contribution in [1.82, 2.24) is 4.98 Å². The van der Waals surface area contributed by atoms with Crippen LogP contribution in [-0.2, 0) is 0 Å². The molecule has 2 aromatic rings. The van der Waals surface area contributed by atoms with Gasteiger partial charge >= 0.3 is 0 Å². The summed E-state index contributed by atoms with van der Waals surface area (Å²) in [5, 5.41) is 3.28. The van der Waals surface area contributed by atoms with Gasteiger partial charge in [-0.3, -0.25) is 0 Å². The first kappa shape index (κ1) is 14.5. The number of hydrogen-bond donors (Lipinski definition) is 2. The molecule has 0 spiro atoms. The second kappa shape index (κ2) is 6.01. The third-order valence-corrected chi connectivity index (χ3v) is 3.32. The molecule has 0 saturated heterocycles. The SMILES string of the molecule is Cc1cc(C(N)=S)cc(Nc2ccc(C(C)C)cc2)n1. The highest BCUT2D eigenvalue weighted by molar-refractivity contribution is 7.80. The molecule has 1 aromatic carbocycles. The van der Waals surface area contributed by atoms with Crippen molar-refractivity contribution >= 4 is 28.7 Å². The number of hydrogen-bond acceptors (Lipinski definition) is 3. The second-order valence-corrected chi connectivity index (χ2v) is 5.59. The summed E-state index contributed by atoms with van der Waals surface area (Å²) in [5.41, 5.74) is 9.70. The van der Waals surface area contributed by atoms with E-state index in [4.69, 9.17) is 18.0 Å². The Morgan fingerprint density at radius 2 is 1.85 bits per heavy atom. The molecule has 3 nitrogen and oxygen atoms in total. The van der Waals surface area contributed by atoms with Gasteiger partial charge in [0.1, 0.15) is 10.8 Å². The Bertz CT molecular complexity index is 618. The van der Waals surface area contributed by atoms with Crippen molar-refractivity contribution in [3.8, 4) is 0 Å². The van der Waals surface area contributed by atoms with Crippen LogP contribution in [-0.4, -0.2) is 9.97 Å². The first-order chi connectivity index (χ1) is 9.45. The Balaban J connectivity index is 2.23. The molecule has 104 valence electrons. The molecule has 0 unspecified atom stereocenters. The van der Waals surface area contributed by atoms with Crippen LogP contribution in [0.1, 0.15) is 36.6 Å². The minimum Gasteiger partial charge on any atom is -0.389 e. The molecule has 3 N–H and O–H groups in total. The standard InChI is InChI=1S/C16H19N3S/c1-10(2)12-4-6-14(7-5-12)19-15-9-13(16(17)20)8-11(3)18-15/h4-10H,1-3H3,(H2,17,20)(H,18,19). The van der Waals surface area contributed by atoms with Crippen LogP contribution in [0.25, 0.3) is 0 Å². The van der Waals surface area contributed by atoms with Crippen molar-refractivity contribution in [3.05, 3.63) is 53.2 Å². The highest BCUT2D eigenvalue weighted by atomic mass is 32.1. The van der Waals surface area contributed by atoms with E-state index < -0.39 is 0 Å². The van der Waals surface area contributed by atoms with E-state index in [0.29, 0.717) is 10.9 Å². The lowest BCUT2D eigenvalue weighted by Crippen LogP contribution is -2.10. The molecule has 0 aliphatic heterocycles. The molecule has 0 bridgehead atoms. The van der Waals surface area contributed by atoms with Gasteiger partial charge in [0.2, 0.25) is 0 Å². The fourth-order valence-electron chi connectivity index (χ4n) is 1.97. The summed E-state index contributed by atoms with van der Waals surface area (Å²) in [6.07, 6.45) is 0. The summed E-state index contributed by atoms with van der Waals surface area (Å²) in [5.74, 6) is 1.28. The molecule has 1 aromatic heterocycles. The van der Waals surface area contributed by atoms with Gasteiger partial charge in [0, 0.05) is 16.9 Å². The largest absolute Gasteiger partial charge is 0.389 e. The maximum atomic E-state index is 5.67. The van der Waals surface area contributed by atoms with Crippen molar-refractivity contribution in [3.63, 3.8) is 0 Å². The Hall–Kier alpha value is -1.94. The molecule has 0 atom stereocenters. The highest BCUT2D eigenvalue weighted by Gasteiger charge is 2.04. The number of aryl methyl sites for hydroxylation is 1. The van der Waals surface area contributed by atoms with Crippen LogP contribution < -0.4 is 11.1 Å². The first-order valence-electron chi connectivity index (χ1n) is 6.61. The van der Waals surface area contributed by atoms with E-state index in [1.165, 1.54) is 5.56 Å². The molecule has 2 rings (SSSR count). The van der Waals surface area contributed by atoms with E-state index in [-0.39, 0.29) is 0 Å². The zero-order chi connectivity index (χ0) is 14.7. The predicted molar refractivity (Wildman–Crippen MR) is 88.7 cm³/mol. The minimum atomic E-state index is 0.383. The second-order valence-electron chi connectivity index (χ2n) is 5.15. The van der Waals surface area contributed by atoms with Crippen LogP contribution in [0.2, 0.25) is 0 Å². The molecule has 0 fully saturated rings. The number of anilines is 2. The number of thiocarbonyl (C=S) groups is 1. The normalized spacial score (nSPS) is 10.6. The molecule has 0 amide bonds. The van der Waals surface area contributed by atoms with Crippen LogP contribution >= 0.6 is 12.2 Å². The quantitative estimate of drug-likeness (QED) is 0.837. The molecule has 1 heterocycles. The number of benzene rings is 1. The van der Waals surface area contributed by atoms with Crippen molar-refractivity contribution in [1.29, 1.82) is 0 Å². The minimum absolute atomic E-state index is 0.383. The zero-order valence-corrected chi connectivity index (χ0v) is 12.8. The van der Waals surface area contributed by atoms with Gasteiger partial charge in [-0.1, -0.05) is 38.2 Å². The van der Waals surface area contributed by atoms with Crippen LogP contribution in [0.3, 0.4) is 0 Å².